The molecule has 1 fully saturated rings. The maximum atomic E-state index is 12.3. The fourth-order valence-corrected chi connectivity index (χ4v) is 2.64. The van der Waals surface area contributed by atoms with Crippen LogP contribution < -0.4 is 15.8 Å². The van der Waals surface area contributed by atoms with Crippen molar-refractivity contribution < 1.29 is 14.3 Å². The van der Waals surface area contributed by atoms with E-state index in [2.05, 4.69) is 19.2 Å². The number of carbonyl (C=O) groups excluding carboxylic acids is 1. The highest BCUT2D eigenvalue weighted by Crippen LogP contribution is 2.20. The molecule has 1 aromatic rings. The van der Waals surface area contributed by atoms with Crippen LogP contribution in [-0.4, -0.2) is 31.8 Å². The van der Waals surface area contributed by atoms with Crippen molar-refractivity contribution in [2.45, 2.75) is 39.3 Å². The first-order chi connectivity index (χ1) is 11.1. The number of carbonyl (C=O) groups is 1. The average molecular weight is 357 g/mol. The quantitative estimate of drug-likeness (QED) is 0.787. The molecule has 0 aliphatic carbocycles. The van der Waals surface area contributed by atoms with Crippen LogP contribution in [0.2, 0.25) is 0 Å². The Morgan fingerprint density at radius 3 is 2.67 bits per heavy atom. The molecule has 1 aromatic carbocycles. The van der Waals surface area contributed by atoms with Gasteiger partial charge in [-0.05, 0) is 30.7 Å². The van der Waals surface area contributed by atoms with E-state index in [1.165, 1.54) is 0 Å². The highest BCUT2D eigenvalue weighted by atomic mass is 35.5. The van der Waals surface area contributed by atoms with Crippen molar-refractivity contribution in [1.29, 1.82) is 0 Å². The summed E-state index contributed by atoms with van der Waals surface area (Å²) in [6, 6.07) is 7.32. The summed E-state index contributed by atoms with van der Waals surface area (Å²) < 4.78 is 11.1. The van der Waals surface area contributed by atoms with Crippen molar-refractivity contribution in [3.63, 3.8) is 0 Å². The third kappa shape index (κ3) is 6.30. The molecule has 1 amide bonds. The number of amides is 1. The molecule has 24 heavy (non-hydrogen) atoms. The molecular formula is C18H29ClN2O3. The number of nitrogens with one attached hydrogen (secondary N) is 1. The standard InChI is InChI=1S/C18H28N2O3.ClH/c1-13(2)12-23-16-6-4-3-5-15(16)11-20-18(21)17(19)14-7-9-22-10-8-14;/h3-6,13-14,17H,7-12,19H2,1-2H3,(H,20,21);1H. The third-order valence-electron chi connectivity index (χ3n) is 4.07. The molecule has 1 aliphatic heterocycles. The Hall–Kier alpha value is -1.30. The second kappa shape index (κ2) is 10.5. The van der Waals surface area contributed by atoms with E-state index in [9.17, 15) is 4.79 Å². The summed E-state index contributed by atoms with van der Waals surface area (Å²) in [4.78, 5) is 12.3. The van der Waals surface area contributed by atoms with Crippen molar-refractivity contribution >= 4 is 18.3 Å². The number of rotatable bonds is 7. The molecule has 6 heteroatoms. The first-order valence-corrected chi connectivity index (χ1v) is 8.39. The highest BCUT2D eigenvalue weighted by molar-refractivity contribution is 5.85. The van der Waals surface area contributed by atoms with Gasteiger partial charge in [-0.15, -0.1) is 12.4 Å². The predicted molar refractivity (Wildman–Crippen MR) is 97.4 cm³/mol. The number of hydrogen-bond donors (Lipinski definition) is 2. The minimum Gasteiger partial charge on any atom is -0.493 e. The Kier molecular flexibility index (Phi) is 9.11. The molecule has 0 bridgehead atoms. The van der Waals surface area contributed by atoms with E-state index >= 15 is 0 Å². The predicted octanol–water partition coefficient (Wildman–Crippen LogP) is 2.51. The summed E-state index contributed by atoms with van der Waals surface area (Å²) in [5.74, 6) is 1.38. The second-order valence-electron chi connectivity index (χ2n) is 6.51. The molecule has 1 atom stereocenters. The van der Waals surface area contributed by atoms with Crippen LogP contribution in [0.3, 0.4) is 0 Å². The highest BCUT2D eigenvalue weighted by Gasteiger charge is 2.26. The Morgan fingerprint density at radius 2 is 2.00 bits per heavy atom. The summed E-state index contributed by atoms with van der Waals surface area (Å²) in [6.07, 6.45) is 1.70. The Bertz CT molecular complexity index is 505. The SMILES string of the molecule is CC(C)COc1ccccc1CNC(=O)C(N)C1CCOCC1.Cl. The minimum atomic E-state index is -0.470. The smallest absolute Gasteiger partial charge is 0.237 e. The van der Waals surface area contributed by atoms with Crippen molar-refractivity contribution in [3.8, 4) is 5.75 Å². The van der Waals surface area contributed by atoms with Crippen LogP contribution in [0.1, 0.15) is 32.3 Å². The lowest BCUT2D eigenvalue weighted by molar-refractivity contribution is -0.124. The van der Waals surface area contributed by atoms with Crippen molar-refractivity contribution in [1.82, 2.24) is 5.32 Å². The summed E-state index contributed by atoms with van der Waals surface area (Å²) >= 11 is 0. The van der Waals surface area contributed by atoms with E-state index in [1.807, 2.05) is 24.3 Å². The molecule has 1 heterocycles. The zero-order valence-electron chi connectivity index (χ0n) is 14.5. The molecular weight excluding hydrogens is 328 g/mol. The van der Waals surface area contributed by atoms with E-state index in [1.54, 1.807) is 0 Å². The van der Waals surface area contributed by atoms with Crippen molar-refractivity contribution in [2.24, 2.45) is 17.6 Å². The van der Waals surface area contributed by atoms with Crippen molar-refractivity contribution in [2.75, 3.05) is 19.8 Å². The maximum Gasteiger partial charge on any atom is 0.237 e. The van der Waals surface area contributed by atoms with Gasteiger partial charge in [-0.3, -0.25) is 4.79 Å². The summed E-state index contributed by atoms with van der Waals surface area (Å²) in [6.45, 7) is 6.69. The fraction of sp³-hybridized carbons (Fsp3) is 0.611. The molecule has 2 rings (SSSR count). The van der Waals surface area contributed by atoms with Crippen LogP contribution in [-0.2, 0) is 16.1 Å². The van der Waals surface area contributed by atoms with Gasteiger partial charge in [0, 0.05) is 25.3 Å². The number of ether oxygens (including phenoxy) is 2. The molecule has 1 unspecified atom stereocenters. The van der Waals surface area contributed by atoms with Gasteiger partial charge < -0.3 is 20.5 Å². The van der Waals surface area contributed by atoms with E-state index in [-0.39, 0.29) is 24.2 Å². The average Bonchev–Trinajstić information content (AvgIpc) is 2.58. The monoisotopic (exact) mass is 356 g/mol. The van der Waals surface area contributed by atoms with Crippen LogP contribution in [0, 0.1) is 11.8 Å². The van der Waals surface area contributed by atoms with Gasteiger partial charge in [0.2, 0.25) is 5.91 Å². The van der Waals surface area contributed by atoms with Crippen LogP contribution >= 0.6 is 12.4 Å². The van der Waals surface area contributed by atoms with Gasteiger partial charge in [-0.25, -0.2) is 0 Å². The number of nitrogens with two attached hydrogens (primary N) is 1. The van der Waals surface area contributed by atoms with Crippen LogP contribution in [0.25, 0.3) is 0 Å². The zero-order valence-corrected chi connectivity index (χ0v) is 15.3. The van der Waals surface area contributed by atoms with Crippen molar-refractivity contribution in [3.05, 3.63) is 29.8 Å². The largest absolute Gasteiger partial charge is 0.493 e. The summed E-state index contributed by atoms with van der Waals surface area (Å²) in [5, 5.41) is 2.94. The molecule has 0 saturated carbocycles. The first kappa shape index (κ1) is 20.7. The first-order valence-electron chi connectivity index (χ1n) is 8.39. The zero-order chi connectivity index (χ0) is 16.7. The molecule has 0 spiro atoms. The fourth-order valence-electron chi connectivity index (χ4n) is 2.64. The topological polar surface area (TPSA) is 73.6 Å². The Balaban J connectivity index is 0.00000288. The molecule has 1 aliphatic rings. The van der Waals surface area contributed by atoms with Gasteiger partial charge >= 0.3 is 0 Å². The summed E-state index contributed by atoms with van der Waals surface area (Å²) in [7, 11) is 0. The third-order valence-corrected chi connectivity index (χ3v) is 4.07. The van der Waals surface area contributed by atoms with E-state index in [0.717, 1.165) is 24.2 Å². The van der Waals surface area contributed by atoms with Gasteiger partial charge in [0.1, 0.15) is 5.75 Å². The molecule has 1 saturated heterocycles. The lowest BCUT2D eigenvalue weighted by atomic mass is 9.92. The lowest BCUT2D eigenvalue weighted by Gasteiger charge is -2.26. The Labute approximate surface area is 150 Å². The summed E-state index contributed by atoms with van der Waals surface area (Å²) in [5.41, 5.74) is 7.07. The van der Waals surface area contributed by atoms with E-state index in [4.69, 9.17) is 15.2 Å². The molecule has 0 radical (unpaired) electrons. The second-order valence-corrected chi connectivity index (χ2v) is 6.51. The van der Waals surface area contributed by atoms with E-state index in [0.29, 0.717) is 32.3 Å². The lowest BCUT2D eigenvalue weighted by Crippen LogP contribution is -2.46. The van der Waals surface area contributed by atoms with Crippen LogP contribution in [0.15, 0.2) is 24.3 Å². The number of hydrogen-bond acceptors (Lipinski definition) is 4. The minimum absolute atomic E-state index is 0. The molecule has 5 nitrogen and oxygen atoms in total. The van der Waals surface area contributed by atoms with Gasteiger partial charge in [0.05, 0.1) is 12.6 Å². The van der Waals surface area contributed by atoms with Gasteiger partial charge in [0.25, 0.3) is 0 Å². The Morgan fingerprint density at radius 1 is 1.33 bits per heavy atom. The van der Waals surface area contributed by atoms with Gasteiger partial charge in [-0.1, -0.05) is 32.0 Å². The van der Waals surface area contributed by atoms with E-state index < -0.39 is 6.04 Å². The normalized spacial score (nSPS) is 16.3. The van der Waals surface area contributed by atoms with Gasteiger partial charge in [-0.2, -0.15) is 0 Å². The molecule has 136 valence electrons. The number of halogens is 1. The number of para-hydroxylation sites is 1. The molecule has 0 aromatic heterocycles. The number of benzene rings is 1. The molecule has 3 N–H and O–H groups in total. The maximum absolute atomic E-state index is 12.3. The van der Waals surface area contributed by atoms with Crippen LogP contribution in [0.5, 0.6) is 5.75 Å². The van der Waals surface area contributed by atoms with Crippen LogP contribution in [0.4, 0.5) is 0 Å². The van der Waals surface area contributed by atoms with Gasteiger partial charge in [0.15, 0.2) is 0 Å².